The summed E-state index contributed by atoms with van der Waals surface area (Å²) >= 11 is 0. The summed E-state index contributed by atoms with van der Waals surface area (Å²) in [5.74, 6) is -0.0642. The molecule has 1 aliphatic heterocycles. The molecule has 108 valence electrons. The largest absolute Gasteiger partial charge is 0.478 e. The van der Waals surface area contributed by atoms with E-state index in [1.54, 1.807) is 0 Å². The molecule has 7 heteroatoms. The molecule has 1 heterocycles. The van der Waals surface area contributed by atoms with Crippen molar-refractivity contribution in [3.63, 3.8) is 0 Å². The van der Waals surface area contributed by atoms with Gasteiger partial charge in [-0.3, -0.25) is 4.79 Å². The molecule has 1 amide bonds. The molecule has 0 aliphatic carbocycles. The molecule has 0 saturated carbocycles. The first kappa shape index (κ1) is 15.4. The normalized spacial score (nSPS) is 20.2. The first-order chi connectivity index (χ1) is 8.85. The van der Waals surface area contributed by atoms with E-state index < -0.39 is 23.8 Å². The average Bonchev–Trinajstić information content (AvgIpc) is 2.74. The van der Waals surface area contributed by atoms with Crippen molar-refractivity contribution >= 4 is 18.3 Å². The number of carbonyl (C=O) groups excluding carboxylic acids is 2. The van der Waals surface area contributed by atoms with Crippen LogP contribution in [0, 0.1) is 0 Å². The molecule has 19 heavy (non-hydrogen) atoms. The van der Waals surface area contributed by atoms with Crippen LogP contribution in [-0.4, -0.2) is 49.9 Å². The average molecular weight is 272 g/mol. The molecule has 2 unspecified atom stereocenters. The van der Waals surface area contributed by atoms with Gasteiger partial charge in [-0.15, -0.1) is 0 Å². The smallest absolute Gasteiger partial charge is 0.334 e. The summed E-state index contributed by atoms with van der Waals surface area (Å²) in [6.07, 6.45) is 0.278. The molecule has 7 nitrogen and oxygen atoms in total. The Kier molecular flexibility index (Phi) is 5.29. The lowest BCUT2D eigenvalue weighted by atomic mass is 10.2. The van der Waals surface area contributed by atoms with Gasteiger partial charge in [0.2, 0.25) is 6.41 Å². The van der Waals surface area contributed by atoms with Gasteiger partial charge >= 0.3 is 5.97 Å². The molecule has 0 aromatic carbocycles. The fourth-order valence-electron chi connectivity index (χ4n) is 1.59. The van der Waals surface area contributed by atoms with E-state index in [0.29, 0.717) is 12.3 Å². The highest BCUT2D eigenvalue weighted by atomic mass is 16.5. The lowest BCUT2D eigenvalue weighted by molar-refractivity contribution is -0.142. The van der Waals surface area contributed by atoms with Crippen molar-refractivity contribution in [2.24, 2.45) is 4.99 Å². The molecule has 0 aromatic rings. The number of nitrogens with zero attached hydrogens (tertiary/aromatic N) is 1. The fraction of sp³-hybridized carbons (Fsp3) is 0.750. The van der Waals surface area contributed by atoms with Crippen LogP contribution in [0.15, 0.2) is 4.99 Å². The highest BCUT2D eigenvalue weighted by molar-refractivity contribution is 5.85. The Morgan fingerprint density at radius 3 is 2.84 bits per heavy atom. The van der Waals surface area contributed by atoms with Crippen LogP contribution in [0.5, 0.6) is 0 Å². The Morgan fingerprint density at radius 2 is 2.32 bits per heavy atom. The number of methoxy groups -OCH3 is 1. The second-order valence-electron chi connectivity index (χ2n) is 5.08. The zero-order valence-corrected chi connectivity index (χ0v) is 11.6. The van der Waals surface area contributed by atoms with Crippen LogP contribution >= 0.6 is 0 Å². The Hall–Kier alpha value is -1.63. The number of aliphatic imine (C=N–C) groups is 1. The lowest BCUT2D eigenvalue weighted by Gasteiger charge is -2.26. The van der Waals surface area contributed by atoms with E-state index >= 15 is 0 Å². The number of ether oxygens (including phenoxy) is 3. The highest BCUT2D eigenvalue weighted by Crippen LogP contribution is 2.15. The fourth-order valence-corrected chi connectivity index (χ4v) is 1.59. The van der Waals surface area contributed by atoms with Gasteiger partial charge in [0.25, 0.3) is 0 Å². The van der Waals surface area contributed by atoms with Crippen molar-refractivity contribution in [2.75, 3.05) is 13.7 Å². The number of hydrogen-bond donors (Lipinski definition) is 1. The summed E-state index contributed by atoms with van der Waals surface area (Å²) in [6, 6.07) is -0.633. The van der Waals surface area contributed by atoms with Gasteiger partial charge < -0.3 is 19.5 Å². The van der Waals surface area contributed by atoms with Gasteiger partial charge in [0.1, 0.15) is 12.8 Å². The Morgan fingerprint density at radius 1 is 1.63 bits per heavy atom. The highest BCUT2D eigenvalue weighted by Gasteiger charge is 2.29. The summed E-state index contributed by atoms with van der Waals surface area (Å²) in [6.45, 7) is 5.79. The van der Waals surface area contributed by atoms with Crippen molar-refractivity contribution in [3.8, 4) is 0 Å². The van der Waals surface area contributed by atoms with E-state index in [9.17, 15) is 9.59 Å². The second kappa shape index (κ2) is 6.51. The van der Waals surface area contributed by atoms with Crippen LogP contribution in [0.2, 0.25) is 0 Å². The molecular weight excluding hydrogens is 252 g/mol. The van der Waals surface area contributed by atoms with E-state index in [1.807, 2.05) is 20.8 Å². The molecule has 1 N–H and O–H groups in total. The molecule has 0 saturated heterocycles. The van der Waals surface area contributed by atoms with Crippen LogP contribution in [0.4, 0.5) is 0 Å². The summed E-state index contributed by atoms with van der Waals surface area (Å²) in [7, 11) is 1.30. The molecule has 0 radical (unpaired) electrons. The SMILES string of the molecule is COC(=O)C1COC(CC(NC=O)OC(C)(C)C)=N1. The standard InChI is InChI=1S/C12H20N2O5/c1-12(2,3)19-9(13-7-15)5-10-14-8(6-18-10)11(16)17-4/h7-9H,5-6H2,1-4H3,(H,13,15). The zero-order valence-electron chi connectivity index (χ0n) is 11.6. The van der Waals surface area contributed by atoms with Crippen molar-refractivity contribution in [2.45, 2.75) is 45.1 Å². The third-order valence-electron chi connectivity index (χ3n) is 2.29. The van der Waals surface area contributed by atoms with Crippen molar-refractivity contribution in [1.82, 2.24) is 5.32 Å². The maximum Gasteiger partial charge on any atom is 0.334 e. The van der Waals surface area contributed by atoms with Gasteiger partial charge in [-0.25, -0.2) is 9.79 Å². The summed E-state index contributed by atoms with van der Waals surface area (Å²) in [5.41, 5.74) is -0.415. The molecular formula is C12H20N2O5. The van der Waals surface area contributed by atoms with E-state index in [4.69, 9.17) is 9.47 Å². The number of esters is 1. The Balaban J connectivity index is 2.60. The van der Waals surface area contributed by atoms with Gasteiger partial charge in [0.05, 0.1) is 19.1 Å². The summed E-state index contributed by atoms with van der Waals surface area (Å²) in [4.78, 5) is 25.9. The molecule has 1 aliphatic rings. The van der Waals surface area contributed by atoms with E-state index in [-0.39, 0.29) is 13.0 Å². The predicted octanol–water partition coefficient (Wildman–Crippen LogP) is 0.234. The number of rotatable bonds is 6. The van der Waals surface area contributed by atoms with Crippen LogP contribution < -0.4 is 5.32 Å². The molecule has 0 aromatic heterocycles. The summed E-state index contributed by atoms with van der Waals surface area (Å²) < 4.78 is 15.5. The number of nitrogens with one attached hydrogen (secondary N) is 1. The monoisotopic (exact) mass is 272 g/mol. The van der Waals surface area contributed by atoms with Crippen LogP contribution in [-0.2, 0) is 23.8 Å². The molecule has 1 rings (SSSR count). The lowest BCUT2D eigenvalue weighted by Crippen LogP contribution is -2.39. The molecule has 0 fully saturated rings. The number of hydrogen-bond acceptors (Lipinski definition) is 6. The van der Waals surface area contributed by atoms with Crippen LogP contribution in [0.25, 0.3) is 0 Å². The zero-order chi connectivity index (χ0) is 14.5. The van der Waals surface area contributed by atoms with Gasteiger partial charge in [-0.1, -0.05) is 0 Å². The van der Waals surface area contributed by atoms with Crippen molar-refractivity contribution < 1.29 is 23.8 Å². The van der Waals surface area contributed by atoms with Gasteiger partial charge in [0.15, 0.2) is 11.9 Å². The van der Waals surface area contributed by atoms with Crippen molar-refractivity contribution in [3.05, 3.63) is 0 Å². The second-order valence-corrected chi connectivity index (χ2v) is 5.08. The molecule has 2 atom stereocenters. The topological polar surface area (TPSA) is 86.2 Å². The molecule has 0 bridgehead atoms. The maximum absolute atomic E-state index is 11.3. The Bertz CT molecular complexity index is 362. The van der Waals surface area contributed by atoms with Gasteiger partial charge in [0, 0.05) is 0 Å². The third-order valence-corrected chi connectivity index (χ3v) is 2.29. The minimum absolute atomic E-state index is 0.158. The quantitative estimate of drug-likeness (QED) is 0.425. The number of carbonyl (C=O) groups is 2. The third kappa shape index (κ3) is 5.25. The van der Waals surface area contributed by atoms with E-state index in [2.05, 4.69) is 15.0 Å². The Labute approximate surface area is 112 Å². The predicted molar refractivity (Wildman–Crippen MR) is 67.6 cm³/mol. The molecule has 0 spiro atoms. The van der Waals surface area contributed by atoms with Gasteiger partial charge in [-0.2, -0.15) is 0 Å². The van der Waals surface area contributed by atoms with E-state index in [1.165, 1.54) is 7.11 Å². The minimum Gasteiger partial charge on any atom is -0.478 e. The minimum atomic E-state index is -0.633. The van der Waals surface area contributed by atoms with Crippen LogP contribution in [0.3, 0.4) is 0 Å². The van der Waals surface area contributed by atoms with Crippen molar-refractivity contribution in [1.29, 1.82) is 0 Å². The maximum atomic E-state index is 11.3. The van der Waals surface area contributed by atoms with Gasteiger partial charge in [-0.05, 0) is 20.8 Å². The first-order valence-electron chi connectivity index (χ1n) is 6.00. The van der Waals surface area contributed by atoms with E-state index in [0.717, 1.165) is 0 Å². The van der Waals surface area contributed by atoms with Crippen LogP contribution in [0.1, 0.15) is 27.2 Å². The number of amides is 1. The first-order valence-corrected chi connectivity index (χ1v) is 6.00. The summed E-state index contributed by atoms with van der Waals surface area (Å²) in [5, 5.41) is 2.54.